The normalized spacial score (nSPS) is 23.2. The summed E-state index contributed by atoms with van der Waals surface area (Å²) < 4.78 is 4.90. The lowest BCUT2D eigenvalue weighted by Crippen LogP contribution is -2.24. The van der Waals surface area contributed by atoms with E-state index in [0.717, 1.165) is 11.1 Å². The van der Waals surface area contributed by atoms with Gasteiger partial charge >= 0.3 is 5.97 Å². The van der Waals surface area contributed by atoms with E-state index < -0.39 is 23.2 Å². The first kappa shape index (κ1) is 14.8. The van der Waals surface area contributed by atoms with E-state index in [1.54, 1.807) is 24.3 Å². The molecule has 2 atom stereocenters. The van der Waals surface area contributed by atoms with Crippen molar-refractivity contribution in [1.29, 1.82) is 0 Å². The Kier molecular flexibility index (Phi) is 3.01. The van der Waals surface area contributed by atoms with Crippen molar-refractivity contribution < 1.29 is 19.1 Å². The summed E-state index contributed by atoms with van der Waals surface area (Å²) in [5, 5.41) is 0. The summed E-state index contributed by atoms with van der Waals surface area (Å²) in [5.41, 5.74) is 1.32. The predicted octanol–water partition coefficient (Wildman–Crippen LogP) is 2.95. The van der Waals surface area contributed by atoms with Crippen molar-refractivity contribution in [3.63, 3.8) is 0 Å². The van der Waals surface area contributed by atoms with Crippen molar-refractivity contribution in [2.24, 2.45) is 11.3 Å². The van der Waals surface area contributed by atoms with Crippen LogP contribution in [0.3, 0.4) is 0 Å². The Bertz CT molecular complexity index is 861. The largest absolute Gasteiger partial charge is 0.469 e. The maximum atomic E-state index is 13.1. The molecule has 2 aromatic carbocycles. The van der Waals surface area contributed by atoms with Crippen LogP contribution in [0.2, 0.25) is 0 Å². The lowest BCUT2D eigenvalue weighted by atomic mass is 9.91. The highest BCUT2D eigenvalue weighted by Gasteiger charge is 2.80. The average molecular weight is 320 g/mol. The third-order valence-corrected chi connectivity index (χ3v) is 5.35. The van der Waals surface area contributed by atoms with Crippen molar-refractivity contribution in [3.05, 3.63) is 70.8 Å². The van der Waals surface area contributed by atoms with E-state index in [2.05, 4.69) is 0 Å². The van der Waals surface area contributed by atoms with E-state index in [1.165, 1.54) is 7.11 Å². The zero-order valence-electron chi connectivity index (χ0n) is 13.4. The summed E-state index contributed by atoms with van der Waals surface area (Å²) in [4.78, 5) is 38.5. The molecule has 1 spiro atoms. The zero-order chi connectivity index (χ0) is 17.1. The van der Waals surface area contributed by atoms with Crippen LogP contribution in [0.25, 0.3) is 0 Å². The molecule has 0 amide bonds. The summed E-state index contributed by atoms with van der Waals surface area (Å²) in [5.74, 6) is -2.23. The Morgan fingerprint density at radius 3 is 2.04 bits per heavy atom. The molecule has 0 heterocycles. The quantitative estimate of drug-likeness (QED) is 0.630. The molecule has 0 radical (unpaired) electrons. The number of hydrogen-bond donors (Lipinski definition) is 0. The van der Waals surface area contributed by atoms with Crippen molar-refractivity contribution in [1.82, 2.24) is 0 Å². The summed E-state index contributed by atoms with van der Waals surface area (Å²) >= 11 is 0. The highest BCUT2D eigenvalue weighted by atomic mass is 16.5. The Morgan fingerprint density at radius 2 is 1.50 bits per heavy atom. The Hall–Kier alpha value is -2.75. The van der Waals surface area contributed by atoms with Gasteiger partial charge in [-0.2, -0.15) is 0 Å². The molecular weight excluding hydrogens is 304 g/mol. The van der Waals surface area contributed by atoms with Crippen molar-refractivity contribution >= 4 is 17.5 Å². The van der Waals surface area contributed by atoms with Gasteiger partial charge in [-0.15, -0.1) is 0 Å². The zero-order valence-corrected chi connectivity index (χ0v) is 13.4. The number of fused-ring (bicyclic) bond motifs is 1. The van der Waals surface area contributed by atoms with Crippen LogP contribution in [0.15, 0.2) is 48.5 Å². The number of ketones is 2. The van der Waals surface area contributed by atoms with Gasteiger partial charge < -0.3 is 4.74 Å². The fraction of sp³-hybridized carbons (Fsp3) is 0.250. The van der Waals surface area contributed by atoms with E-state index >= 15 is 0 Å². The number of rotatable bonds is 2. The molecule has 4 rings (SSSR count). The van der Waals surface area contributed by atoms with Gasteiger partial charge in [0.1, 0.15) is 5.41 Å². The minimum absolute atomic E-state index is 0.258. The number of benzene rings is 2. The fourth-order valence-electron chi connectivity index (χ4n) is 4.19. The molecule has 1 fully saturated rings. The van der Waals surface area contributed by atoms with Gasteiger partial charge in [0.25, 0.3) is 0 Å². The second kappa shape index (κ2) is 4.87. The number of ether oxygens (including phenoxy) is 1. The molecule has 2 aromatic rings. The lowest BCUT2D eigenvalue weighted by molar-refractivity contribution is -0.142. The molecule has 2 aliphatic rings. The molecular formula is C20H16O4. The number of esters is 1. The fourth-order valence-corrected chi connectivity index (χ4v) is 4.19. The second-order valence-electron chi connectivity index (χ2n) is 6.41. The van der Waals surface area contributed by atoms with Crippen LogP contribution in [-0.2, 0) is 9.53 Å². The monoisotopic (exact) mass is 320 g/mol. The number of methoxy groups -OCH3 is 1. The third-order valence-electron chi connectivity index (χ3n) is 5.35. The maximum Gasteiger partial charge on any atom is 0.310 e. The van der Waals surface area contributed by atoms with Crippen LogP contribution in [0.1, 0.15) is 37.8 Å². The number of hydrogen-bond acceptors (Lipinski definition) is 4. The van der Waals surface area contributed by atoms with Gasteiger partial charge in [-0.3, -0.25) is 14.4 Å². The predicted molar refractivity (Wildman–Crippen MR) is 87.0 cm³/mol. The lowest BCUT2D eigenvalue weighted by Gasteiger charge is -2.08. The number of Topliss-reactive ketones (excluding diaryl/α,β-unsaturated/α-hetero) is 2. The molecule has 0 aliphatic heterocycles. The SMILES string of the molecule is COC(=O)[C@H]1[C@H](c2ccccc2C)C12C(=O)c1ccccc1C2=O. The summed E-state index contributed by atoms with van der Waals surface area (Å²) in [6.45, 7) is 1.92. The third kappa shape index (κ3) is 1.60. The van der Waals surface area contributed by atoms with E-state index in [4.69, 9.17) is 4.74 Å². The molecule has 0 bridgehead atoms. The summed E-state index contributed by atoms with van der Waals surface area (Å²) in [7, 11) is 1.29. The van der Waals surface area contributed by atoms with E-state index in [9.17, 15) is 14.4 Å². The summed E-state index contributed by atoms with van der Waals surface area (Å²) in [6, 6.07) is 14.4. The molecule has 0 unspecified atom stereocenters. The van der Waals surface area contributed by atoms with E-state index in [0.29, 0.717) is 11.1 Å². The average Bonchev–Trinajstić information content (AvgIpc) is 3.25. The maximum absolute atomic E-state index is 13.1. The Morgan fingerprint density at radius 1 is 0.958 bits per heavy atom. The van der Waals surface area contributed by atoms with Gasteiger partial charge in [0.15, 0.2) is 11.6 Å². The van der Waals surface area contributed by atoms with Crippen molar-refractivity contribution in [2.75, 3.05) is 7.11 Å². The first-order valence-corrected chi connectivity index (χ1v) is 7.87. The second-order valence-corrected chi connectivity index (χ2v) is 6.41. The van der Waals surface area contributed by atoms with Gasteiger partial charge in [-0.25, -0.2) is 0 Å². The van der Waals surface area contributed by atoms with Crippen LogP contribution in [0.4, 0.5) is 0 Å². The van der Waals surface area contributed by atoms with E-state index in [-0.39, 0.29) is 11.6 Å². The minimum atomic E-state index is -1.33. The Balaban J connectivity index is 1.91. The molecule has 0 N–H and O–H groups in total. The number of carbonyl (C=O) groups excluding carboxylic acids is 3. The molecule has 0 saturated heterocycles. The topological polar surface area (TPSA) is 60.4 Å². The molecule has 4 nitrogen and oxygen atoms in total. The van der Waals surface area contributed by atoms with Crippen molar-refractivity contribution in [2.45, 2.75) is 12.8 Å². The van der Waals surface area contributed by atoms with Crippen LogP contribution < -0.4 is 0 Å². The molecule has 0 aromatic heterocycles. The van der Waals surface area contributed by atoms with Crippen LogP contribution >= 0.6 is 0 Å². The highest BCUT2D eigenvalue weighted by Crippen LogP contribution is 2.70. The molecule has 24 heavy (non-hydrogen) atoms. The molecule has 120 valence electrons. The molecule has 2 aliphatic carbocycles. The highest BCUT2D eigenvalue weighted by molar-refractivity contribution is 6.34. The van der Waals surface area contributed by atoms with Gasteiger partial charge in [0.05, 0.1) is 13.0 Å². The van der Waals surface area contributed by atoms with Crippen LogP contribution in [0.5, 0.6) is 0 Å². The van der Waals surface area contributed by atoms with Gasteiger partial charge in [-0.05, 0) is 18.1 Å². The summed E-state index contributed by atoms with van der Waals surface area (Å²) in [6.07, 6.45) is 0. The molecule has 4 heteroatoms. The van der Waals surface area contributed by atoms with Gasteiger partial charge in [-0.1, -0.05) is 48.5 Å². The first-order chi connectivity index (χ1) is 11.5. The number of aryl methyl sites for hydroxylation is 1. The van der Waals surface area contributed by atoms with E-state index in [1.807, 2.05) is 31.2 Å². The Labute approximate surface area is 139 Å². The first-order valence-electron chi connectivity index (χ1n) is 7.87. The van der Waals surface area contributed by atoms with Gasteiger partial charge in [0.2, 0.25) is 0 Å². The van der Waals surface area contributed by atoms with Crippen LogP contribution in [0, 0.1) is 18.3 Å². The molecule has 1 saturated carbocycles. The standard InChI is InChI=1S/C20H16O4/c1-11-7-3-4-8-12(11)15-16(19(23)24-2)20(15)17(21)13-9-5-6-10-14(13)18(20)22/h3-10,15-16H,1-2H3/t15-,16+/m0/s1. The smallest absolute Gasteiger partial charge is 0.310 e. The van der Waals surface area contributed by atoms with Gasteiger partial charge in [0, 0.05) is 17.0 Å². The number of carbonyl (C=O) groups is 3. The van der Waals surface area contributed by atoms with Crippen molar-refractivity contribution in [3.8, 4) is 0 Å². The van der Waals surface area contributed by atoms with Crippen LogP contribution in [-0.4, -0.2) is 24.6 Å². The minimum Gasteiger partial charge on any atom is -0.469 e.